The van der Waals surface area contributed by atoms with Crippen LogP contribution in [0, 0.1) is 0 Å². The molecule has 0 unspecified atom stereocenters. The van der Waals surface area contributed by atoms with E-state index in [0.29, 0.717) is 11.7 Å². The molecule has 0 N–H and O–H groups in total. The highest BCUT2D eigenvalue weighted by Crippen LogP contribution is 2.39. The first-order valence-electron chi connectivity index (χ1n) is 6.51. The van der Waals surface area contributed by atoms with Gasteiger partial charge in [0.15, 0.2) is 0 Å². The van der Waals surface area contributed by atoms with Gasteiger partial charge in [-0.05, 0) is 31.0 Å². The van der Waals surface area contributed by atoms with Crippen molar-refractivity contribution in [2.24, 2.45) is 7.05 Å². The molecule has 1 heterocycles. The van der Waals surface area contributed by atoms with Crippen LogP contribution in [0.15, 0.2) is 36.4 Å². The Labute approximate surface area is 112 Å². The highest BCUT2D eigenvalue weighted by atomic mass is 16.5. The first-order valence-corrected chi connectivity index (χ1v) is 6.51. The summed E-state index contributed by atoms with van der Waals surface area (Å²) in [6.07, 6.45) is 2.68. The minimum Gasteiger partial charge on any atom is -0.426 e. The van der Waals surface area contributed by atoms with Crippen molar-refractivity contribution in [3.05, 3.63) is 47.8 Å². The highest BCUT2D eigenvalue weighted by molar-refractivity contribution is 5.74. The summed E-state index contributed by atoms with van der Waals surface area (Å²) in [7, 11) is 1.93. The van der Waals surface area contributed by atoms with E-state index in [2.05, 4.69) is 5.10 Å². The molecule has 1 aliphatic carbocycles. The number of ether oxygens (including phenoxy) is 1. The molecule has 1 aliphatic rings. The van der Waals surface area contributed by atoms with Crippen molar-refractivity contribution in [3.63, 3.8) is 0 Å². The van der Waals surface area contributed by atoms with Crippen LogP contribution in [0.25, 0.3) is 0 Å². The van der Waals surface area contributed by atoms with Gasteiger partial charge in [0, 0.05) is 18.7 Å². The first-order chi connectivity index (χ1) is 9.22. The van der Waals surface area contributed by atoms with E-state index < -0.39 is 0 Å². The van der Waals surface area contributed by atoms with Crippen LogP contribution < -0.4 is 4.74 Å². The molecule has 1 fully saturated rings. The van der Waals surface area contributed by atoms with Gasteiger partial charge in [0.2, 0.25) is 0 Å². The van der Waals surface area contributed by atoms with Gasteiger partial charge in [0.25, 0.3) is 0 Å². The van der Waals surface area contributed by atoms with Gasteiger partial charge in [-0.25, -0.2) is 0 Å². The summed E-state index contributed by atoms with van der Waals surface area (Å²) < 4.78 is 7.13. The van der Waals surface area contributed by atoms with Crippen LogP contribution in [0.5, 0.6) is 5.75 Å². The third kappa shape index (κ3) is 2.84. The maximum absolute atomic E-state index is 11.8. The van der Waals surface area contributed by atoms with Gasteiger partial charge >= 0.3 is 5.97 Å². The van der Waals surface area contributed by atoms with Crippen LogP contribution >= 0.6 is 0 Å². The summed E-state index contributed by atoms with van der Waals surface area (Å²) in [5, 5.41) is 4.37. The number of carbonyl (C=O) groups excluding carboxylic acids is 1. The average molecular weight is 256 g/mol. The molecule has 0 radical (unpaired) electrons. The van der Waals surface area contributed by atoms with Crippen molar-refractivity contribution in [2.75, 3.05) is 0 Å². The van der Waals surface area contributed by atoms with Gasteiger partial charge in [0.05, 0.1) is 12.1 Å². The summed E-state index contributed by atoms with van der Waals surface area (Å²) >= 11 is 0. The Morgan fingerprint density at radius 3 is 2.79 bits per heavy atom. The molecule has 2 aromatic rings. The van der Waals surface area contributed by atoms with Crippen LogP contribution in [0.1, 0.15) is 30.1 Å². The summed E-state index contributed by atoms with van der Waals surface area (Å²) in [5.74, 6) is 0.939. The highest BCUT2D eigenvalue weighted by Gasteiger charge is 2.27. The normalized spacial score (nSPS) is 14.4. The quantitative estimate of drug-likeness (QED) is 0.623. The van der Waals surface area contributed by atoms with E-state index in [0.717, 1.165) is 5.69 Å². The van der Waals surface area contributed by atoms with Crippen LogP contribution in [0.4, 0.5) is 0 Å². The molecule has 1 aromatic carbocycles. The summed E-state index contributed by atoms with van der Waals surface area (Å²) in [4.78, 5) is 11.8. The molecule has 3 rings (SSSR count). The third-order valence-corrected chi connectivity index (χ3v) is 3.26. The van der Waals surface area contributed by atoms with E-state index in [9.17, 15) is 4.79 Å². The lowest BCUT2D eigenvalue weighted by atomic mass is 10.2. The second-order valence-electron chi connectivity index (χ2n) is 4.92. The Morgan fingerprint density at radius 1 is 1.37 bits per heavy atom. The topological polar surface area (TPSA) is 44.1 Å². The Bertz CT molecular complexity index is 585. The standard InChI is InChI=1S/C15H16N2O2/c1-17-14(11-7-8-11)9-12(16-17)10-15(18)19-13-5-3-2-4-6-13/h2-6,9,11H,7-8,10H2,1H3. The van der Waals surface area contributed by atoms with E-state index in [1.165, 1.54) is 18.5 Å². The molecule has 0 amide bonds. The van der Waals surface area contributed by atoms with E-state index in [1.54, 1.807) is 12.1 Å². The lowest BCUT2D eigenvalue weighted by Crippen LogP contribution is -2.11. The number of aromatic nitrogens is 2. The Hall–Kier alpha value is -2.10. The molecule has 19 heavy (non-hydrogen) atoms. The number of para-hydroxylation sites is 1. The second kappa shape index (κ2) is 4.88. The number of carbonyl (C=O) groups is 1. The molecular formula is C15H16N2O2. The number of rotatable bonds is 4. The van der Waals surface area contributed by atoms with Crippen molar-refractivity contribution in [1.82, 2.24) is 9.78 Å². The zero-order valence-electron chi connectivity index (χ0n) is 10.9. The van der Waals surface area contributed by atoms with Crippen molar-refractivity contribution in [2.45, 2.75) is 25.2 Å². The second-order valence-corrected chi connectivity index (χ2v) is 4.92. The number of hydrogen-bond donors (Lipinski definition) is 0. The van der Waals surface area contributed by atoms with Crippen molar-refractivity contribution >= 4 is 5.97 Å². The lowest BCUT2D eigenvalue weighted by molar-refractivity contribution is -0.133. The molecule has 0 aliphatic heterocycles. The van der Waals surface area contributed by atoms with E-state index in [1.807, 2.05) is 36.0 Å². The Balaban J connectivity index is 1.64. The van der Waals surface area contributed by atoms with E-state index in [-0.39, 0.29) is 12.4 Å². The van der Waals surface area contributed by atoms with Gasteiger partial charge in [-0.3, -0.25) is 9.48 Å². The molecule has 0 atom stereocenters. The number of benzene rings is 1. The zero-order valence-corrected chi connectivity index (χ0v) is 10.9. The van der Waals surface area contributed by atoms with Crippen LogP contribution in [-0.2, 0) is 18.3 Å². The maximum Gasteiger partial charge on any atom is 0.317 e. The molecule has 98 valence electrons. The van der Waals surface area contributed by atoms with E-state index in [4.69, 9.17) is 4.74 Å². The molecule has 0 bridgehead atoms. The number of aryl methyl sites for hydroxylation is 1. The smallest absolute Gasteiger partial charge is 0.317 e. The van der Waals surface area contributed by atoms with Crippen LogP contribution in [0.3, 0.4) is 0 Å². The molecule has 1 saturated carbocycles. The largest absolute Gasteiger partial charge is 0.426 e. The van der Waals surface area contributed by atoms with Crippen molar-refractivity contribution < 1.29 is 9.53 Å². The third-order valence-electron chi connectivity index (χ3n) is 3.26. The van der Waals surface area contributed by atoms with Crippen LogP contribution in [0.2, 0.25) is 0 Å². The zero-order chi connectivity index (χ0) is 13.2. The van der Waals surface area contributed by atoms with Gasteiger partial charge in [-0.2, -0.15) is 5.10 Å². The number of nitrogens with zero attached hydrogens (tertiary/aromatic N) is 2. The predicted octanol–water partition coefficient (Wildman–Crippen LogP) is 2.45. The fourth-order valence-corrected chi connectivity index (χ4v) is 2.19. The maximum atomic E-state index is 11.8. The molecule has 1 aromatic heterocycles. The molecular weight excluding hydrogens is 240 g/mol. The molecule has 4 heteroatoms. The fraction of sp³-hybridized carbons (Fsp3) is 0.333. The first kappa shape index (κ1) is 12.0. The summed E-state index contributed by atoms with van der Waals surface area (Å²) in [5.41, 5.74) is 2.01. The number of hydrogen-bond acceptors (Lipinski definition) is 3. The van der Waals surface area contributed by atoms with Gasteiger partial charge in [-0.1, -0.05) is 18.2 Å². The molecule has 0 spiro atoms. The monoisotopic (exact) mass is 256 g/mol. The SMILES string of the molecule is Cn1nc(CC(=O)Oc2ccccc2)cc1C1CC1. The molecule has 4 nitrogen and oxygen atoms in total. The Morgan fingerprint density at radius 2 is 2.11 bits per heavy atom. The van der Waals surface area contributed by atoms with Crippen molar-refractivity contribution in [3.8, 4) is 5.75 Å². The Kier molecular flexibility index (Phi) is 3.07. The molecule has 0 saturated heterocycles. The minimum absolute atomic E-state index is 0.218. The average Bonchev–Trinajstić information content (AvgIpc) is 3.15. The van der Waals surface area contributed by atoms with Gasteiger partial charge in [0.1, 0.15) is 5.75 Å². The number of esters is 1. The summed E-state index contributed by atoms with van der Waals surface area (Å²) in [6.45, 7) is 0. The van der Waals surface area contributed by atoms with Crippen LogP contribution in [-0.4, -0.2) is 15.7 Å². The predicted molar refractivity (Wildman–Crippen MR) is 71.0 cm³/mol. The fourth-order valence-electron chi connectivity index (χ4n) is 2.19. The summed E-state index contributed by atoms with van der Waals surface area (Å²) in [6, 6.07) is 11.1. The van der Waals surface area contributed by atoms with Gasteiger partial charge in [-0.15, -0.1) is 0 Å². The lowest BCUT2D eigenvalue weighted by Gasteiger charge is -2.01. The van der Waals surface area contributed by atoms with Gasteiger partial charge < -0.3 is 4.74 Å². The minimum atomic E-state index is -0.272. The van der Waals surface area contributed by atoms with E-state index >= 15 is 0 Å². The van der Waals surface area contributed by atoms with Crippen molar-refractivity contribution in [1.29, 1.82) is 0 Å².